The predicted molar refractivity (Wildman–Crippen MR) is 130 cm³/mol. The quantitative estimate of drug-likeness (QED) is 0.335. The third-order valence-corrected chi connectivity index (χ3v) is 7.36. The lowest BCUT2D eigenvalue weighted by Crippen LogP contribution is -2.20. The van der Waals surface area contributed by atoms with Crippen LogP contribution in [0.2, 0.25) is 0 Å². The highest BCUT2D eigenvalue weighted by Gasteiger charge is 2.27. The van der Waals surface area contributed by atoms with Crippen LogP contribution in [0.4, 0.5) is 0 Å². The SMILES string of the molecule is CC1CCC(Oc2cccc(C(C)(C)O)c2)CC(CCC(=O)c2ccsc2-n2nccn2)C1. The molecule has 1 fully saturated rings. The summed E-state index contributed by atoms with van der Waals surface area (Å²) in [6, 6.07) is 9.64. The molecule has 3 atom stereocenters. The second kappa shape index (κ2) is 10.2. The molecule has 0 saturated heterocycles. The Hall–Kier alpha value is -2.51. The van der Waals surface area contributed by atoms with E-state index in [-0.39, 0.29) is 11.9 Å². The van der Waals surface area contributed by atoms with Crippen molar-refractivity contribution < 1.29 is 14.6 Å². The highest BCUT2D eigenvalue weighted by Crippen LogP contribution is 2.34. The Morgan fingerprint density at radius 3 is 2.76 bits per heavy atom. The fourth-order valence-corrected chi connectivity index (χ4v) is 5.52. The van der Waals surface area contributed by atoms with E-state index in [2.05, 4.69) is 17.1 Å². The number of rotatable bonds is 8. The van der Waals surface area contributed by atoms with Crippen molar-refractivity contribution in [2.24, 2.45) is 11.8 Å². The lowest BCUT2D eigenvalue weighted by atomic mass is 9.89. The van der Waals surface area contributed by atoms with Crippen molar-refractivity contribution in [3.63, 3.8) is 0 Å². The average molecular weight is 468 g/mol. The summed E-state index contributed by atoms with van der Waals surface area (Å²) in [6.45, 7) is 5.87. The van der Waals surface area contributed by atoms with Crippen LogP contribution in [-0.2, 0) is 5.60 Å². The molecule has 3 unspecified atom stereocenters. The molecule has 0 amide bonds. The Bertz CT molecular complexity index is 1050. The molecule has 2 heterocycles. The van der Waals surface area contributed by atoms with E-state index in [1.165, 1.54) is 16.1 Å². The first-order valence-corrected chi connectivity index (χ1v) is 12.6. The number of hydrogen-bond acceptors (Lipinski definition) is 6. The minimum atomic E-state index is -0.896. The van der Waals surface area contributed by atoms with Crippen molar-refractivity contribution in [2.75, 3.05) is 0 Å². The van der Waals surface area contributed by atoms with Crippen LogP contribution in [0.1, 0.15) is 75.2 Å². The van der Waals surface area contributed by atoms with Crippen LogP contribution >= 0.6 is 11.3 Å². The van der Waals surface area contributed by atoms with E-state index in [4.69, 9.17) is 4.74 Å². The van der Waals surface area contributed by atoms with Gasteiger partial charge in [-0.25, -0.2) is 0 Å². The van der Waals surface area contributed by atoms with E-state index in [1.807, 2.05) is 35.7 Å². The summed E-state index contributed by atoms with van der Waals surface area (Å²) in [5.41, 5.74) is 0.656. The molecule has 0 bridgehead atoms. The van der Waals surface area contributed by atoms with Crippen LogP contribution in [0, 0.1) is 11.8 Å². The first-order chi connectivity index (χ1) is 15.8. The Balaban J connectivity index is 1.39. The number of aliphatic hydroxyl groups is 1. The smallest absolute Gasteiger partial charge is 0.166 e. The van der Waals surface area contributed by atoms with Crippen LogP contribution in [0.5, 0.6) is 5.75 Å². The van der Waals surface area contributed by atoms with Gasteiger partial charge in [-0.05, 0) is 86.9 Å². The number of hydrogen-bond donors (Lipinski definition) is 1. The Morgan fingerprint density at radius 2 is 2.00 bits per heavy atom. The standard InChI is InChI=1S/C26H33N3O3S/c1-18-7-9-22(32-21-6-4-5-20(17-21)26(2,3)31)16-19(15-18)8-10-24(30)23-11-14-33-25(23)29-27-12-13-28-29/h4-6,11-14,17-19,22,31H,7-10,15-16H2,1-3H3. The monoisotopic (exact) mass is 467 g/mol. The van der Waals surface area contributed by atoms with Gasteiger partial charge in [0, 0.05) is 6.42 Å². The van der Waals surface area contributed by atoms with E-state index >= 15 is 0 Å². The lowest BCUT2D eigenvalue weighted by molar-refractivity contribution is 0.0778. The zero-order valence-corrected chi connectivity index (χ0v) is 20.4. The molecule has 0 aliphatic heterocycles. The first-order valence-electron chi connectivity index (χ1n) is 11.8. The van der Waals surface area contributed by atoms with E-state index in [0.717, 1.165) is 48.4 Å². The van der Waals surface area contributed by atoms with Crippen molar-refractivity contribution in [3.8, 4) is 10.8 Å². The molecule has 1 saturated carbocycles. The largest absolute Gasteiger partial charge is 0.490 e. The third kappa shape index (κ3) is 6.09. The number of Topliss-reactive ketones (excluding diaryl/α,β-unsaturated/α-hetero) is 1. The summed E-state index contributed by atoms with van der Waals surface area (Å²) >= 11 is 1.48. The van der Waals surface area contributed by atoms with Crippen molar-refractivity contribution in [1.82, 2.24) is 15.0 Å². The molecule has 6 nitrogen and oxygen atoms in total. The number of thiophene rings is 1. The Morgan fingerprint density at radius 1 is 1.21 bits per heavy atom. The van der Waals surface area contributed by atoms with Gasteiger partial charge in [0.2, 0.25) is 0 Å². The molecular formula is C26H33N3O3S. The van der Waals surface area contributed by atoms with Gasteiger partial charge in [0.1, 0.15) is 10.8 Å². The van der Waals surface area contributed by atoms with Gasteiger partial charge in [0.15, 0.2) is 5.78 Å². The first kappa shape index (κ1) is 23.6. The molecule has 1 aliphatic rings. The summed E-state index contributed by atoms with van der Waals surface area (Å²) in [6.07, 6.45) is 8.94. The maximum absolute atomic E-state index is 13.0. The van der Waals surface area contributed by atoms with Gasteiger partial charge in [-0.1, -0.05) is 19.1 Å². The molecule has 7 heteroatoms. The maximum Gasteiger partial charge on any atom is 0.166 e. The highest BCUT2D eigenvalue weighted by molar-refractivity contribution is 7.13. The summed E-state index contributed by atoms with van der Waals surface area (Å²) in [4.78, 5) is 14.5. The number of ketones is 1. The van der Waals surface area contributed by atoms with E-state index in [0.29, 0.717) is 23.8 Å². The van der Waals surface area contributed by atoms with Crippen molar-refractivity contribution in [2.45, 2.75) is 71.0 Å². The van der Waals surface area contributed by atoms with Crippen molar-refractivity contribution in [1.29, 1.82) is 0 Å². The second-order valence-electron chi connectivity index (χ2n) is 9.77. The zero-order chi connectivity index (χ0) is 23.4. The maximum atomic E-state index is 13.0. The average Bonchev–Trinajstić information content (AvgIpc) is 3.44. The number of carbonyl (C=O) groups excluding carboxylic acids is 1. The van der Waals surface area contributed by atoms with Gasteiger partial charge in [-0.2, -0.15) is 10.2 Å². The summed E-state index contributed by atoms with van der Waals surface area (Å²) < 4.78 is 6.38. The number of ether oxygens (including phenoxy) is 1. The van der Waals surface area contributed by atoms with Gasteiger partial charge in [0.25, 0.3) is 0 Å². The lowest BCUT2D eigenvalue weighted by Gasteiger charge is -2.23. The number of benzene rings is 1. The summed E-state index contributed by atoms with van der Waals surface area (Å²) in [7, 11) is 0. The van der Waals surface area contributed by atoms with Crippen LogP contribution in [-0.4, -0.2) is 32.0 Å². The highest BCUT2D eigenvalue weighted by atomic mass is 32.1. The molecule has 33 heavy (non-hydrogen) atoms. The minimum Gasteiger partial charge on any atom is -0.490 e. The zero-order valence-electron chi connectivity index (χ0n) is 19.6. The molecular weight excluding hydrogens is 434 g/mol. The van der Waals surface area contributed by atoms with Crippen molar-refractivity contribution in [3.05, 3.63) is 59.2 Å². The molecule has 1 aliphatic carbocycles. The minimum absolute atomic E-state index is 0.122. The van der Waals surface area contributed by atoms with Gasteiger partial charge in [-0.15, -0.1) is 16.1 Å². The third-order valence-electron chi connectivity index (χ3n) is 6.48. The topological polar surface area (TPSA) is 77.2 Å². The van der Waals surface area contributed by atoms with Gasteiger partial charge < -0.3 is 9.84 Å². The van der Waals surface area contributed by atoms with Crippen LogP contribution < -0.4 is 4.74 Å². The second-order valence-corrected chi connectivity index (χ2v) is 10.7. The van der Waals surface area contributed by atoms with Crippen LogP contribution in [0.15, 0.2) is 48.1 Å². The molecule has 2 aromatic heterocycles. The molecule has 1 N–H and O–H groups in total. The summed E-state index contributed by atoms with van der Waals surface area (Å²) in [5.74, 6) is 2.01. The van der Waals surface area contributed by atoms with E-state index in [1.54, 1.807) is 26.2 Å². The molecule has 3 aromatic rings. The summed E-state index contributed by atoms with van der Waals surface area (Å²) in [5, 5.41) is 21.4. The predicted octanol–water partition coefficient (Wildman–Crippen LogP) is 5.79. The fourth-order valence-electron chi connectivity index (χ4n) is 4.69. The van der Waals surface area contributed by atoms with Crippen LogP contribution in [0.25, 0.3) is 5.00 Å². The van der Waals surface area contributed by atoms with Crippen LogP contribution in [0.3, 0.4) is 0 Å². The number of carbonyl (C=O) groups is 1. The fraction of sp³-hybridized carbons (Fsp3) is 0.500. The van der Waals surface area contributed by atoms with Gasteiger partial charge in [-0.3, -0.25) is 4.79 Å². The molecule has 176 valence electrons. The normalized spacial score (nSPS) is 21.5. The Labute approximate surface area is 199 Å². The van der Waals surface area contributed by atoms with E-state index in [9.17, 15) is 9.90 Å². The Kier molecular flexibility index (Phi) is 7.29. The molecule has 0 radical (unpaired) electrons. The van der Waals surface area contributed by atoms with Gasteiger partial charge in [0.05, 0.1) is 29.7 Å². The molecule has 4 rings (SSSR count). The molecule has 0 spiro atoms. The molecule has 1 aromatic carbocycles. The van der Waals surface area contributed by atoms with Crippen molar-refractivity contribution >= 4 is 17.1 Å². The van der Waals surface area contributed by atoms with E-state index < -0.39 is 5.60 Å². The number of aromatic nitrogens is 3. The van der Waals surface area contributed by atoms with Gasteiger partial charge >= 0.3 is 0 Å². The number of nitrogens with zero attached hydrogens (tertiary/aromatic N) is 3.